The molecule has 4 heterocycles. The minimum Gasteiger partial charge on any atom is -0.466 e. The van der Waals surface area contributed by atoms with Crippen molar-refractivity contribution in [1.29, 1.82) is 0 Å². The molecule has 1 aromatic carbocycles. The Kier molecular flexibility index (Phi) is 6.42. The van der Waals surface area contributed by atoms with Crippen molar-refractivity contribution in [3.8, 4) is 11.4 Å². The zero-order valence-corrected chi connectivity index (χ0v) is 19.5. The Morgan fingerprint density at radius 1 is 0.912 bits per heavy atom. The first-order valence-electron chi connectivity index (χ1n) is 12.1. The molecular formula is C25H30N6O3. The van der Waals surface area contributed by atoms with Gasteiger partial charge in [0.2, 0.25) is 5.91 Å². The van der Waals surface area contributed by atoms with Crippen molar-refractivity contribution in [2.75, 3.05) is 37.7 Å². The van der Waals surface area contributed by atoms with Gasteiger partial charge in [-0.3, -0.25) is 9.59 Å². The molecule has 0 bridgehead atoms. The summed E-state index contributed by atoms with van der Waals surface area (Å²) in [5, 5.41) is 13.4. The van der Waals surface area contributed by atoms with Gasteiger partial charge in [0, 0.05) is 37.7 Å². The minimum absolute atomic E-state index is 0.0221. The fourth-order valence-electron chi connectivity index (χ4n) is 4.92. The number of likely N-dealkylation sites (tertiary alicyclic amines) is 1. The Labute approximate surface area is 198 Å². The fourth-order valence-corrected chi connectivity index (χ4v) is 4.92. The van der Waals surface area contributed by atoms with Gasteiger partial charge >= 0.3 is 5.97 Å². The monoisotopic (exact) mass is 462 g/mol. The van der Waals surface area contributed by atoms with E-state index in [9.17, 15) is 9.59 Å². The SMILES string of the molecule is CCOC(=O)C1CCN(C(=O)C2CCN(c3ccc4nnc(-c5ccccc5)n4n3)CC2)CC1. The van der Waals surface area contributed by atoms with Crippen molar-refractivity contribution < 1.29 is 14.3 Å². The normalized spacial score (nSPS) is 17.8. The zero-order valence-electron chi connectivity index (χ0n) is 19.5. The number of esters is 1. The highest BCUT2D eigenvalue weighted by molar-refractivity contribution is 5.80. The van der Waals surface area contributed by atoms with Crippen LogP contribution in [0.5, 0.6) is 0 Å². The quantitative estimate of drug-likeness (QED) is 0.538. The van der Waals surface area contributed by atoms with Crippen molar-refractivity contribution in [2.24, 2.45) is 11.8 Å². The van der Waals surface area contributed by atoms with Crippen LogP contribution in [0.25, 0.3) is 17.0 Å². The van der Waals surface area contributed by atoms with Crippen molar-refractivity contribution in [3.63, 3.8) is 0 Å². The number of rotatable bonds is 5. The Morgan fingerprint density at radius 3 is 2.32 bits per heavy atom. The molecule has 2 saturated heterocycles. The molecule has 178 valence electrons. The standard InChI is InChI=1S/C25H30N6O3/c1-2-34-25(33)20-12-16-30(17-13-20)24(32)19-10-14-29(15-11-19)22-9-8-21-26-27-23(31(21)28-22)18-6-4-3-5-7-18/h3-9,19-20H,2,10-17H2,1H3. The number of anilines is 1. The highest BCUT2D eigenvalue weighted by atomic mass is 16.5. The minimum atomic E-state index is -0.129. The van der Waals surface area contributed by atoms with Crippen molar-refractivity contribution in [2.45, 2.75) is 32.6 Å². The predicted octanol–water partition coefficient (Wildman–Crippen LogP) is 2.81. The molecule has 1 amide bonds. The molecule has 9 heteroatoms. The third-order valence-electron chi connectivity index (χ3n) is 6.88. The molecule has 0 unspecified atom stereocenters. The van der Waals surface area contributed by atoms with E-state index < -0.39 is 0 Å². The largest absolute Gasteiger partial charge is 0.466 e. The molecule has 2 aliphatic heterocycles. The molecule has 9 nitrogen and oxygen atoms in total. The molecule has 0 spiro atoms. The van der Waals surface area contributed by atoms with Crippen LogP contribution in [0.15, 0.2) is 42.5 Å². The Morgan fingerprint density at radius 2 is 1.62 bits per heavy atom. The maximum Gasteiger partial charge on any atom is 0.309 e. The Balaban J connectivity index is 1.20. The first kappa shape index (κ1) is 22.3. The third kappa shape index (κ3) is 4.47. The summed E-state index contributed by atoms with van der Waals surface area (Å²) in [4.78, 5) is 29.2. The number of fused-ring (bicyclic) bond motifs is 1. The Hall–Kier alpha value is -3.49. The molecule has 2 fully saturated rings. The zero-order chi connectivity index (χ0) is 23.5. The molecule has 0 radical (unpaired) electrons. The smallest absolute Gasteiger partial charge is 0.309 e. The van der Waals surface area contributed by atoms with E-state index in [0.717, 1.165) is 37.3 Å². The predicted molar refractivity (Wildman–Crippen MR) is 127 cm³/mol. The molecule has 0 saturated carbocycles. The second-order valence-corrected chi connectivity index (χ2v) is 8.96. The summed E-state index contributed by atoms with van der Waals surface area (Å²) in [7, 11) is 0. The molecule has 2 aliphatic rings. The highest BCUT2D eigenvalue weighted by Gasteiger charge is 2.33. The first-order valence-corrected chi connectivity index (χ1v) is 12.1. The van der Waals surface area contributed by atoms with E-state index in [1.807, 2.05) is 54.3 Å². The van der Waals surface area contributed by atoms with Gasteiger partial charge < -0.3 is 14.5 Å². The third-order valence-corrected chi connectivity index (χ3v) is 6.88. The van der Waals surface area contributed by atoms with Crippen LogP contribution in [-0.4, -0.2) is 69.4 Å². The topological polar surface area (TPSA) is 92.9 Å². The molecule has 0 aliphatic carbocycles. The van der Waals surface area contributed by atoms with Crippen LogP contribution >= 0.6 is 0 Å². The van der Waals surface area contributed by atoms with E-state index in [-0.39, 0.29) is 23.7 Å². The van der Waals surface area contributed by atoms with E-state index in [1.54, 1.807) is 4.52 Å². The number of amides is 1. The lowest BCUT2D eigenvalue weighted by Gasteiger charge is -2.37. The number of piperidine rings is 2. The van der Waals surface area contributed by atoms with Gasteiger partial charge in [-0.1, -0.05) is 30.3 Å². The van der Waals surface area contributed by atoms with Crippen LogP contribution in [0, 0.1) is 11.8 Å². The number of ether oxygens (including phenoxy) is 1. The average molecular weight is 463 g/mol. The number of hydrogen-bond acceptors (Lipinski definition) is 7. The Bertz CT molecular complexity index is 1150. The maximum absolute atomic E-state index is 13.1. The summed E-state index contributed by atoms with van der Waals surface area (Å²) in [5.41, 5.74) is 1.68. The lowest BCUT2D eigenvalue weighted by Crippen LogP contribution is -2.46. The fraction of sp³-hybridized carbons (Fsp3) is 0.480. The molecule has 0 atom stereocenters. The van der Waals surface area contributed by atoms with E-state index in [1.165, 1.54) is 0 Å². The molecule has 2 aromatic heterocycles. The second kappa shape index (κ2) is 9.79. The lowest BCUT2D eigenvalue weighted by atomic mass is 9.92. The first-order chi connectivity index (χ1) is 16.6. The summed E-state index contributed by atoms with van der Waals surface area (Å²) in [6.45, 7) is 5.05. The van der Waals surface area contributed by atoms with Crippen molar-refractivity contribution in [1.82, 2.24) is 24.7 Å². The summed E-state index contributed by atoms with van der Waals surface area (Å²) in [5.74, 6) is 1.62. The molecule has 34 heavy (non-hydrogen) atoms. The number of nitrogens with zero attached hydrogens (tertiary/aromatic N) is 6. The summed E-state index contributed by atoms with van der Waals surface area (Å²) >= 11 is 0. The van der Waals surface area contributed by atoms with Gasteiger partial charge in [0.05, 0.1) is 12.5 Å². The second-order valence-electron chi connectivity index (χ2n) is 8.96. The van der Waals surface area contributed by atoms with Crippen LogP contribution in [0.4, 0.5) is 5.82 Å². The summed E-state index contributed by atoms with van der Waals surface area (Å²) in [6.07, 6.45) is 2.97. The van der Waals surface area contributed by atoms with E-state index in [4.69, 9.17) is 9.84 Å². The van der Waals surface area contributed by atoms with E-state index >= 15 is 0 Å². The number of carbonyl (C=O) groups is 2. The van der Waals surface area contributed by atoms with Gasteiger partial charge in [0.1, 0.15) is 5.82 Å². The van der Waals surface area contributed by atoms with Gasteiger partial charge in [0.15, 0.2) is 11.5 Å². The molecular weight excluding hydrogens is 432 g/mol. The summed E-state index contributed by atoms with van der Waals surface area (Å²) < 4.78 is 6.93. The van der Waals surface area contributed by atoms with E-state index in [2.05, 4.69) is 15.1 Å². The number of carbonyl (C=O) groups excluding carboxylic acids is 2. The number of hydrogen-bond donors (Lipinski definition) is 0. The highest BCUT2D eigenvalue weighted by Crippen LogP contribution is 2.27. The number of aromatic nitrogens is 4. The molecule has 3 aromatic rings. The van der Waals surface area contributed by atoms with Crippen LogP contribution in [0.1, 0.15) is 32.6 Å². The molecule has 5 rings (SSSR count). The van der Waals surface area contributed by atoms with Crippen LogP contribution < -0.4 is 4.90 Å². The van der Waals surface area contributed by atoms with Crippen LogP contribution in [0.3, 0.4) is 0 Å². The van der Waals surface area contributed by atoms with Gasteiger partial charge in [-0.05, 0) is 44.7 Å². The maximum atomic E-state index is 13.1. The van der Waals surface area contributed by atoms with E-state index in [0.29, 0.717) is 44.0 Å². The van der Waals surface area contributed by atoms with Gasteiger partial charge in [-0.25, -0.2) is 0 Å². The van der Waals surface area contributed by atoms with Crippen molar-refractivity contribution >= 4 is 23.3 Å². The van der Waals surface area contributed by atoms with Crippen LogP contribution in [-0.2, 0) is 14.3 Å². The van der Waals surface area contributed by atoms with Gasteiger partial charge in [-0.2, -0.15) is 4.52 Å². The summed E-state index contributed by atoms with van der Waals surface area (Å²) in [6, 6.07) is 13.8. The average Bonchev–Trinajstić information content (AvgIpc) is 3.32. The molecule has 0 N–H and O–H groups in total. The van der Waals surface area contributed by atoms with Crippen molar-refractivity contribution in [3.05, 3.63) is 42.5 Å². The van der Waals surface area contributed by atoms with Gasteiger partial charge in [-0.15, -0.1) is 15.3 Å². The van der Waals surface area contributed by atoms with Crippen LogP contribution in [0.2, 0.25) is 0 Å². The van der Waals surface area contributed by atoms with Gasteiger partial charge in [0.25, 0.3) is 0 Å². The lowest BCUT2D eigenvalue weighted by molar-refractivity contribution is -0.151. The number of benzene rings is 1.